The van der Waals surface area contributed by atoms with Gasteiger partial charge < -0.3 is 10.2 Å². The summed E-state index contributed by atoms with van der Waals surface area (Å²) in [6.45, 7) is 5.11. The molecule has 0 bridgehead atoms. The van der Waals surface area contributed by atoms with Crippen molar-refractivity contribution in [3.63, 3.8) is 0 Å². The zero-order valence-electron chi connectivity index (χ0n) is 13.2. The molecular formula is C18H19ClN2O2. The van der Waals surface area contributed by atoms with Crippen molar-refractivity contribution in [2.24, 2.45) is 0 Å². The standard InChI is InChI=1S/C18H19ClN2O2/c1-3-21(4-2)18(23)14-10-11-15(19)16(12-14)20-17(22)13-8-6-5-7-9-13/h5-12H,3-4H2,1-2H3,(H,20,22). The first-order valence-corrected chi connectivity index (χ1v) is 7.89. The molecule has 0 heterocycles. The van der Waals surface area contributed by atoms with Crippen molar-refractivity contribution in [1.29, 1.82) is 0 Å². The van der Waals surface area contributed by atoms with Gasteiger partial charge in [-0.3, -0.25) is 9.59 Å². The number of hydrogen-bond acceptors (Lipinski definition) is 2. The highest BCUT2D eigenvalue weighted by atomic mass is 35.5. The maximum Gasteiger partial charge on any atom is 0.255 e. The molecule has 2 amide bonds. The molecule has 0 aliphatic heterocycles. The van der Waals surface area contributed by atoms with E-state index in [1.54, 1.807) is 47.4 Å². The smallest absolute Gasteiger partial charge is 0.255 e. The number of anilines is 1. The van der Waals surface area contributed by atoms with Gasteiger partial charge in [0.25, 0.3) is 11.8 Å². The van der Waals surface area contributed by atoms with E-state index in [4.69, 9.17) is 11.6 Å². The number of nitrogens with zero attached hydrogens (tertiary/aromatic N) is 1. The average Bonchev–Trinajstić information content (AvgIpc) is 2.58. The quantitative estimate of drug-likeness (QED) is 0.898. The number of benzene rings is 2. The van der Waals surface area contributed by atoms with Crippen molar-refractivity contribution >= 4 is 29.1 Å². The third-order valence-corrected chi connectivity index (χ3v) is 3.88. The van der Waals surface area contributed by atoms with Crippen LogP contribution in [0.3, 0.4) is 0 Å². The van der Waals surface area contributed by atoms with E-state index >= 15 is 0 Å². The Balaban J connectivity index is 2.24. The molecule has 0 saturated heterocycles. The van der Waals surface area contributed by atoms with E-state index in [1.807, 2.05) is 19.9 Å². The van der Waals surface area contributed by atoms with Crippen LogP contribution in [-0.4, -0.2) is 29.8 Å². The van der Waals surface area contributed by atoms with Gasteiger partial charge in [0, 0.05) is 24.2 Å². The maximum absolute atomic E-state index is 12.4. The lowest BCUT2D eigenvalue weighted by molar-refractivity contribution is 0.0772. The molecule has 5 heteroatoms. The molecule has 0 aromatic heterocycles. The normalized spacial score (nSPS) is 10.2. The summed E-state index contributed by atoms with van der Waals surface area (Å²) in [5, 5.41) is 3.15. The van der Waals surface area contributed by atoms with E-state index in [9.17, 15) is 9.59 Å². The average molecular weight is 331 g/mol. The highest BCUT2D eigenvalue weighted by molar-refractivity contribution is 6.34. The van der Waals surface area contributed by atoms with Crippen LogP contribution in [0.15, 0.2) is 48.5 Å². The van der Waals surface area contributed by atoms with Crippen LogP contribution in [0.4, 0.5) is 5.69 Å². The fourth-order valence-electron chi connectivity index (χ4n) is 2.23. The Labute approximate surface area is 141 Å². The number of rotatable bonds is 5. The first kappa shape index (κ1) is 17.0. The van der Waals surface area contributed by atoms with Crippen LogP contribution in [0.2, 0.25) is 5.02 Å². The van der Waals surface area contributed by atoms with Gasteiger partial charge in [0.1, 0.15) is 0 Å². The minimum atomic E-state index is -0.264. The molecule has 0 aliphatic rings. The second-order valence-corrected chi connectivity index (χ2v) is 5.40. The van der Waals surface area contributed by atoms with Gasteiger partial charge in [-0.2, -0.15) is 0 Å². The summed E-state index contributed by atoms with van der Waals surface area (Å²) in [4.78, 5) is 26.3. The van der Waals surface area contributed by atoms with Crippen LogP contribution in [0.1, 0.15) is 34.6 Å². The number of amides is 2. The molecule has 2 aromatic rings. The van der Waals surface area contributed by atoms with Crippen LogP contribution in [0.5, 0.6) is 0 Å². The monoisotopic (exact) mass is 330 g/mol. The molecule has 0 saturated carbocycles. The number of carbonyl (C=O) groups is 2. The minimum absolute atomic E-state index is 0.0816. The van der Waals surface area contributed by atoms with Crippen molar-refractivity contribution in [3.8, 4) is 0 Å². The van der Waals surface area contributed by atoms with E-state index in [1.165, 1.54) is 0 Å². The van der Waals surface area contributed by atoms with E-state index in [0.29, 0.717) is 34.9 Å². The number of carbonyl (C=O) groups excluding carboxylic acids is 2. The Morgan fingerprint density at radius 3 is 2.26 bits per heavy atom. The lowest BCUT2D eigenvalue weighted by atomic mass is 10.1. The lowest BCUT2D eigenvalue weighted by Crippen LogP contribution is -2.30. The fourth-order valence-corrected chi connectivity index (χ4v) is 2.40. The van der Waals surface area contributed by atoms with Crippen LogP contribution in [0.25, 0.3) is 0 Å². The summed E-state index contributed by atoms with van der Waals surface area (Å²) in [5.74, 6) is -0.346. The molecule has 0 fully saturated rings. The highest BCUT2D eigenvalue weighted by Crippen LogP contribution is 2.24. The Morgan fingerprint density at radius 2 is 1.65 bits per heavy atom. The van der Waals surface area contributed by atoms with E-state index in [-0.39, 0.29) is 11.8 Å². The summed E-state index contributed by atoms with van der Waals surface area (Å²) < 4.78 is 0. The Kier molecular flexibility index (Phi) is 5.77. The second kappa shape index (κ2) is 7.79. The maximum atomic E-state index is 12.4. The minimum Gasteiger partial charge on any atom is -0.339 e. The summed E-state index contributed by atoms with van der Waals surface area (Å²) in [6.07, 6.45) is 0. The largest absolute Gasteiger partial charge is 0.339 e. The summed E-state index contributed by atoms with van der Waals surface area (Å²) in [5.41, 5.74) is 1.46. The van der Waals surface area contributed by atoms with Crippen molar-refractivity contribution in [2.45, 2.75) is 13.8 Å². The topological polar surface area (TPSA) is 49.4 Å². The first-order valence-electron chi connectivity index (χ1n) is 7.52. The zero-order valence-corrected chi connectivity index (χ0v) is 13.9. The van der Waals surface area contributed by atoms with E-state index < -0.39 is 0 Å². The molecule has 0 atom stereocenters. The van der Waals surface area contributed by atoms with Crippen LogP contribution in [-0.2, 0) is 0 Å². The third kappa shape index (κ3) is 4.11. The van der Waals surface area contributed by atoms with Crippen molar-refractivity contribution in [1.82, 2.24) is 4.90 Å². The van der Waals surface area contributed by atoms with Gasteiger partial charge in [-0.25, -0.2) is 0 Å². The van der Waals surface area contributed by atoms with Crippen molar-refractivity contribution < 1.29 is 9.59 Å². The molecule has 0 radical (unpaired) electrons. The van der Waals surface area contributed by atoms with Gasteiger partial charge in [0.15, 0.2) is 0 Å². The third-order valence-electron chi connectivity index (χ3n) is 3.55. The van der Waals surface area contributed by atoms with Crippen molar-refractivity contribution in [3.05, 3.63) is 64.7 Å². The van der Waals surface area contributed by atoms with Gasteiger partial charge in [-0.15, -0.1) is 0 Å². The Hall–Kier alpha value is -2.33. The van der Waals surface area contributed by atoms with Crippen LogP contribution in [0, 0.1) is 0 Å². The van der Waals surface area contributed by atoms with E-state index in [2.05, 4.69) is 5.32 Å². The zero-order chi connectivity index (χ0) is 16.8. The van der Waals surface area contributed by atoms with E-state index in [0.717, 1.165) is 0 Å². The van der Waals surface area contributed by atoms with Gasteiger partial charge in [-0.05, 0) is 44.2 Å². The Morgan fingerprint density at radius 1 is 1.00 bits per heavy atom. The molecule has 0 spiro atoms. The summed E-state index contributed by atoms with van der Waals surface area (Å²) >= 11 is 6.14. The predicted molar refractivity (Wildman–Crippen MR) is 93.1 cm³/mol. The molecule has 2 aromatic carbocycles. The first-order chi connectivity index (χ1) is 11.1. The fraction of sp³-hybridized carbons (Fsp3) is 0.222. The number of hydrogen-bond donors (Lipinski definition) is 1. The van der Waals surface area contributed by atoms with Gasteiger partial charge in [-0.1, -0.05) is 29.8 Å². The highest BCUT2D eigenvalue weighted by Gasteiger charge is 2.15. The molecule has 23 heavy (non-hydrogen) atoms. The summed E-state index contributed by atoms with van der Waals surface area (Å²) in [7, 11) is 0. The molecular weight excluding hydrogens is 312 g/mol. The molecule has 0 aliphatic carbocycles. The van der Waals surface area contributed by atoms with Crippen LogP contribution < -0.4 is 5.32 Å². The molecule has 2 rings (SSSR count). The van der Waals surface area contributed by atoms with Gasteiger partial charge >= 0.3 is 0 Å². The lowest BCUT2D eigenvalue weighted by Gasteiger charge is -2.19. The van der Waals surface area contributed by atoms with Crippen LogP contribution >= 0.6 is 11.6 Å². The number of nitrogens with one attached hydrogen (secondary N) is 1. The Bertz CT molecular complexity index is 697. The molecule has 0 unspecified atom stereocenters. The number of halogens is 1. The van der Waals surface area contributed by atoms with Crippen molar-refractivity contribution in [2.75, 3.05) is 18.4 Å². The molecule has 4 nitrogen and oxygen atoms in total. The SMILES string of the molecule is CCN(CC)C(=O)c1ccc(Cl)c(NC(=O)c2ccccc2)c1. The predicted octanol–water partition coefficient (Wildman–Crippen LogP) is 4.07. The van der Waals surface area contributed by atoms with Gasteiger partial charge in [0.05, 0.1) is 10.7 Å². The molecule has 120 valence electrons. The summed E-state index contributed by atoms with van der Waals surface area (Å²) in [6, 6.07) is 13.8. The second-order valence-electron chi connectivity index (χ2n) is 4.99. The molecule has 1 N–H and O–H groups in total. The van der Waals surface area contributed by atoms with Gasteiger partial charge in [0.2, 0.25) is 0 Å².